The molecule has 2 unspecified atom stereocenters. The molecule has 0 amide bonds. The van der Waals surface area contributed by atoms with Crippen molar-refractivity contribution < 1.29 is 67.9 Å². The van der Waals surface area contributed by atoms with E-state index in [1.807, 2.05) is 18.2 Å². The van der Waals surface area contributed by atoms with Crippen molar-refractivity contribution in [3.05, 3.63) is 36.9 Å². The van der Waals surface area contributed by atoms with Gasteiger partial charge in [-0.2, -0.15) is 5.92 Å². The Balaban J connectivity index is 0.00000132. The van der Waals surface area contributed by atoms with Gasteiger partial charge in [0.1, 0.15) is 11.4 Å². The number of nitrogens with one attached hydrogen (secondary N) is 1. The van der Waals surface area contributed by atoms with Gasteiger partial charge in [0.2, 0.25) is 0 Å². The van der Waals surface area contributed by atoms with E-state index >= 15 is 0 Å². The topological polar surface area (TPSA) is 58.1 Å². The van der Waals surface area contributed by atoms with Crippen LogP contribution in [-0.2, 0) is 0 Å². The number of fused-ring (bicyclic) bond motifs is 3. The van der Waals surface area contributed by atoms with Crippen molar-refractivity contribution in [1.29, 1.82) is 0 Å². The van der Waals surface area contributed by atoms with E-state index in [9.17, 15) is 5.02 Å². The van der Waals surface area contributed by atoms with Crippen molar-refractivity contribution in [2.24, 2.45) is 11.8 Å². The van der Waals surface area contributed by atoms with Crippen molar-refractivity contribution in [2.45, 2.75) is 19.3 Å². The SMILES string of the molecule is [CH2-]C1CCC(C2=CB(O)Oc3cnc4[nH]ccc4c32)C1.[Rb+]. The molecule has 2 aliphatic rings. The smallest absolute Gasteiger partial charge is 0.531 e. The molecule has 21 heavy (non-hydrogen) atoms. The largest absolute Gasteiger partial charge is 1.00 e. The monoisotopic (exact) mass is 352 g/mol. The predicted octanol–water partition coefficient (Wildman–Crippen LogP) is -0.387. The zero-order chi connectivity index (χ0) is 13.7. The van der Waals surface area contributed by atoms with Crippen molar-refractivity contribution >= 4 is 23.7 Å². The Morgan fingerprint density at radius 3 is 3.05 bits per heavy atom. The molecule has 0 radical (unpaired) electrons. The molecule has 0 saturated heterocycles. The third-order valence-electron chi connectivity index (χ3n) is 4.39. The van der Waals surface area contributed by atoms with Gasteiger partial charge in [0, 0.05) is 17.1 Å². The van der Waals surface area contributed by atoms with Crippen molar-refractivity contribution in [3.8, 4) is 5.75 Å². The Hall–Kier alpha value is 0.0601. The zero-order valence-corrected chi connectivity index (χ0v) is 17.1. The second-order valence-corrected chi connectivity index (χ2v) is 5.74. The van der Waals surface area contributed by atoms with Crippen LogP contribution >= 0.6 is 0 Å². The Morgan fingerprint density at radius 2 is 2.29 bits per heavy atom. The molecular formula is C15H16BN2O2Rb. The molecule has 1 aliphatic carbocycles. The summed E-state index contributed by atoms with van der Waals surface area (Å²) in [7, 11) is -0.875. The zero-order valence-electron chi connectivity index (χ0n) is 12.2. The minimum atomic E-state index is -0.875. The van der Waals surface area contributed by atoms with E-state index in [0.717, 1.165) is 35.9 Å². The molecule has 102 valence electrons. The molecular weight excluding hydrogens is 336 g/mol. The first-order chi connectivity index (χ1) is 9.72. The summed E-state index contributed by atoms with van der Waals surface area (Å²) in [6, 6.07) is 2.02. The van der Waals surface area contributed by atoms with E-state index in [4.69, 9.17) is 4.65 Å². The number of aromatic amines is 1. The number of nitrogens with zero attached hydrogens (tertiary/aromatic N) is 1. The first kappa shape index (κ1) is 15.9. The Morgan fingerprint density at radius 1 is 1.43 bits per heavy atom. The summed E-state index contributed by atoms with van der Waals surface area (Å²) in [6.45, 7) is 4.17. The molecule has 6 heteroatoms. The average Bonchev–Trinajstić information content (AvgIpc) is 3.05. The molecule has 2 atom stereocenters. The molecule has 4 nitrogen and oxygen atoms in total. The van der Waals surface area contributed by atoms with Gasteiger partial charge in [0.25, 0.3) is 0 Å². The maximum absolute atomic E-state index is 9.93. The van der Waals surface area contributed by atoms with Crippen LogP contribution in [0.25, 0.3) is 16.6 Å². The fourth-order valence-corrected chi connectivity index (χ4v) is 3.48. The Labute approximate surface area is 173 Å². The summed E-state index contributed by atoms with van der Waals surface area (Å²) in [5, 5.41) is 11.0. The molecule has 1 aliphatic heterocycles. The van der Waals surface area contributed by atoms with Crippen LogP contribution in [0.1, 0.15) is 24.8 Å². The van der Waals surface area contributed by atoms with Gasteiger partial charge in [-0.1, -0.05) is 12.8 Å². The molecule has 1 fully saturated rings. The van der Waals surface area contributed by atoms with Gasteiger partial charge >= 0.3 is 65.3 Å². The predicted molar refractivity (Wildman–Crippen MR) is 78.9 cm³/mol. The van der Waals surface area contributed by atoms with E-state index in [0.29, 0.717) is 17.6 Å². The summed E-state index contributed by atoms with van der Waals surface area (Å²) in [5.41, 5.74) is 3.14. The van der Waals surface area contributed by atoms with Gasteiger partial charge in [0.05, 0.1) is 6.20 Å². The van der Waals surface area contributed by atoms with Crippen LogP contribution in [0.3, 0.4) is 0 Å². The van der Waals surface area contributed by atoms with Crippen molar-refractivity contribution in [2.75, 3.05) is 0 Å². The third-order valence-corrected chi connectivity index (χ3v) is 4.39. The number of rotatable bonds is 1. The second-order valence-electron chi connectivity index (χ2n) is 5.74. The summed E-state index contributed by atoms with van der Waals surface area (Å²) >= 11 is 0. The van der Waals surface area contributed by atoms with E-state index in [-0.39, 0.29) is 58.2 Å². The number of pyridine rings is 1. The van der Waals surface area contributed by atoms with Gasteiger partial charge in [-0.05, 0) is 30.0 Å². The molecule has 3 heterocycles. The van der Waals surface area contributed by atoms with Crippen LogP contribution in [0.5, 0.6) is 5.75 Å². The number of allylic oxidation sites excluding steroid dienone is 1. The van der Waals surface area contributed by atoms with Crippen LogP contribution < -0.4 is 62.8 Å². The molecule has 2 N–H and O–H groups in total. The molecule has 0 bridgehead atoms. The summed E-state index contributed by atoms with van der Waals surface area (Å²) in [6.07, 6.45) is 6.93. The maximum atomic E-state index is 9.93. The minimum absolute atomic E-state index is 0. The van der Waals surface area contributed by atoms with Gasteiger partial charge in [-0.25, -0.2) is 4.98 Å². The average molecular weight is 353 g/mol. The number of H-pyrrole nitrogens is 1. The van der Waals surface area contributed by atoms with E-state index < -0.39 is 7.12 Å². The fourth-order valence-electron chi connectivity index (χ4n) is 3.48. The molecule has 1 saturated carbocycles. The van der Waals surface area contributed by atoms with Crippen LogP contribution in [0.2, 0.25) is 0 Å². The van der Waals surface area contributed by atoms with Crippen LogP contribution in [0, 0.1) is 18.8 Å². The van der Waals surface area contributed by atoms with E-state index in [1.165, 1.54) is 5.57 Å². The van der Waals surface area contributed by atoms with Crippen LogP contribution in [0.4, 0.5) is 0 Å². The van der Waals surface area contributed by atoms with Gasteiger partial charge in [0.15, 0.2) is 0 Å². The van der Waals surface area contributed by atoms with Gasteiger partial charge in [-0.15, -0.1) is 0 Å². The number of hydrogen-bond acceptors (Lipinski definition) is 3. The minimum Gasteiger partial charge on any atom is -0.531 e. The Kier molecular flexibility index (Phi) is 4.77. The van der Waals surface area contributed by atoms with Gasteiger partial charge < -0.3 is 21.6 Å². The summed E-state index contributed by atoms with van der Waals surface area (Å²) < 4.78 is 5.51. The maximum Gasteiger partial charge on any atom is 1.00 e. The normalized spacial score (nSPS) is 24.3. The molecule has 4 rings (SSSR count). The van der Waals surface area contributed by atoms with Crippen molar-refractivity contribution in [3.63, 3.8) is 0 Å². The van der Waals surface area contributed by atoms with Crippen LogP contribution in [0.15, 0.2) is 24.4 Å². The summed E-state index contributed by atoms with van der Waals surface area (Å²) in [5.74, 6) is 3.48. The van der Waals surface area contributed by atoms with E-state index in [2.05, 4.69) is 16.9 Å². The molecule has 2 aromatic rings. The second kappa shape index (κ2) is 6.28. The third kappa shape index (κ3) is 2.83. The Bertz CT molecular complexity index is 700. The van der Waals surface area contributed by atoms with Crippen molar-refractivity contribution in [1.82, 2.24) is 9.97 Å². The molecule has 2 aromatic heterocycles. The standard InChI is InChI=1S/C15H16BN2O2.Rb/c1-9-2-3-10(6-9)12-7-16(19)20-13-8-18-15-11(14(12)13)4-5-17-15;/h4-5,7-10,19H,1-3,6H2,(H,17,18);/q-1;+1. The van der Waals surface area contributed by atoms with E-state index in [1.54, 1.807) is 6.20 Å². The fraction of sp³-hybridized carbons (Fsp3) is 0.333. The number of aromatic nitrogens is 2. The molecule has 0 spiro atoms. The summed E-state index contributed by atoms with van der Waals surface area (Å²) in [4.78, 5) is 7.47. The first-order valence-electron chi connectivity index (χ1n) is 7.08. The quantitative estimate of drug-likeness (QED) is 0.543. The first-order valence-corrected chi connectivity index (χ1v) is 7.08. The van der Waals surface area contributed by atoms with Gasteiger partial charge in [-0.3, -0.25) is 0 Å². The number of hydrogen-bond donors (Lipinski definition) is 2. The molecule has 0 aromatic carbocycles. The van der Waals surface area contributed by atoms with Crippen LogP contribution in [-0.4, -0.2) is 22.1 Å².